The molecule has 26 heavy (non-hydrogen) atoms. The summed E-state index contributed by atoms with van der Waals surface area (Å²) in [4.78, 5) is 27.4. The van der Waals surface area contributed by atoms with Gasteiger partial charge in [0.25, 0.3) is 5.91 Å². The first kappa shape index (κ1) is 17.2. The van der Waals surface area contributed by atoms with Crippen LogP contribution in [0.25, 0.3) is 10.2 Å². The Morgan fingerprint density at radius 1 is 1.42 bits per heavy atom. The Labute approximate surface area is 157 Å². The SMILES string of the molecule is CN(C)C(=O)c1sc2ncccc2c1[C@H]1CCN(Cc2cncn2C)C1. The minimum Gasteiger partial charge on any atom is -0.344 e. The van der Waals surface area contributed by atoms with E-state index in [9.17, 15) is 4.79 Å². The molecule has 1 atom stereocenters. The maximum Gasteiger partial charge on any atom is 0.263 e. The molecule has 4 heterocycles. The molecule has 1 saturated heterocycles. The van der Waals surface area contributed by atoms with E-state index in [2.05, 4.69) is 25.5 Å². The zero-order valence-electron chi connectivity index (χ0n) is 15.3. The summed E-state index contributed by atoms with van der Waals surface area (Å²) in [6.07, 6.45) is 6.63. The van der Waals surface area contributed by atoms with Gasteiger partial charge in [-0.25, -0.2) is 9.97 Å². The summed E-state index contributed by atoms with van der Waals surface area (Å²) in [7, 11) is 5.66. The normalized spacial score (nSPS) is 17.9. The van der Waals surface area contributed by atoms with E-state index in [0.717, 1.165) is 41.1 Å². The molecule has 6 nitrogen and oxygen atoms in total. The number of rotatable bonds is 4. The predicted octanol–water partition coefficient (Wildman–Crippen LogP) is 2.72. The summed E-state index contributed by atoms with van der Waals surface area (Å²) < 4.78 is 2.07. The maximum absolute atomic E-state index is 12.8. The molecule has 1 fully saturated rings. The zero-order valence-corrected chi connectivity index (χ0v) is 16.2. The van der Waals surface area contributed by atoms with Crippen LogP contribution < -0.4 is 0 Å². The van der Waals surface area contributed by atoms with Crippen molar-refractivity contribution in [1.29, 1.82) is 0 Å². The van der Waals surface area contributed by atoms with Gasteiger partial charge >= 0.3 is 0 Å². The Morgan fingerprint density at radius 3 is 3.00 bits per heavy atom. The average molecular weight is 369 g/mol. The summed E-state index contributed by atoms with van der Waals surface area (Å²) in [6, 6.07) is 4.06. The van der Waals surface area contributed by atoms with Crippen molar-refractivity contribution >= 4 is 27.5 Å². The van der Waals surface area contributed by atoms with E-state index in [-0.39, 0.29) is 5.91 Å². The molecule has 1 amide bonds. The van der Waals surface area contributed by atoms with Crippen LogP contribution in [0.5, 0.6) is 0 Å². The lowest BCUT2D eigenvalue weighted by molar-refractivity contribution is 0.0831. The van der Waals surface area contributed by atoms with Gasteiger partial charge < -0.3 is 9.47 Å². The third kappa shape index (κ3) is 3.01. The van der Waals surface area contributed by atoms with E-state index in [0.29, 0.717) is 5.92 Å². The van der Waals surface area contributed by atoms with Crippen molar-refractivity contribution < 1.29 is 4.79 Å². The monoisotopic (exact) mass is 369 g/mol. The van der Waals surface area contributed by atoms with E-state index < -0.39 is 0 Å². The number of fused-ring (bicyclic) bond motifs is 1. The number of aryl methyl sites for hydroxylation is 1. The maximum atomic E-state index is 12.8. The van der Waals surface area contributed by atoms with Crippen molar-refractivity contribution in [2.24, 2.45) is 7.05 Å². The number of hydrogen-bond donors (Lipinski definition) is 0. The molecule has 3 aromatic heterocycles. The van der Waals surface area contributed by atoms with Crippen LogP contribution >= 0.6 is 11.3 Å². The van der Waals surface area contributed by atoms with Crippen molar-refractivity contribution in [3.8, 4) is 0 Å². The number of aromatic nitrogens is 3. The molecule has 1 aliphatic heterocycles. The highest BCUT2D eigenvalue weighted by Crippen LogP contribution is 2.40. The summed E-state index contributed by atoms with van der Waals surface area (Å²) in [6.45, 7) is 2.88. The standard InChI is InChI=1S/C19H23N5OS/c1-22(2)19(25)17-16(15-5-4-7-21-18(15)26-17)13-6-8-24(10-13)11-14-9-20-12-23(14)3/h4-5,7,9,12-13H,6,8,10-11H2,1-3H3/t13-/m0/s1. The predicted molar refractivity (Wildman–Crippen MR) is 103 cm³/mol. The molecule has 0 unspecified atom stereocenters. The highest BCUT2D eigenvalue weighted by Gasteiger charge is 2.31. The van der Waals surface area contributed by atoms with E-state index in [1.807, 2.05) is 39.7 Å². The molecule has 0 radical (unpaired) electrons. The van der Waals surface area contributed by atoms with Gasteiger partial charge in [-0.15, -0.1) is 11.3 Å². The first-order valence-corrected chi connectivity index (χ1v) is 9.63. The molecule has 0 bridgehead atoms. The van der Waals surface area contributed by atoms with Crippen LogP contribution in [0.4, 0.5) is 0 Å². The van der Waals surface area contributed by atoms with E-state index in [1.165, 1.54) is 22.6 Å². The van der Waals surface area contributed by atoms with Gasteiger partial charge in [0.15, 0.2) is 0 Å². The lowest BCUT2D eigenvalue weighted by Crippen LogP contribution is -2.23. The molecule has 136 valence electrons. The van der Waals surface area contributed by atoms with Crippen LogP contribution in [-0.2, 0) is 13.6 Å². The van der Waals surface area contributed by atoms with Crippen LogP contribution in [0.2, 0.25) is 0 Å². The van der Waals surface area contributed by atoms with Crippen LogP contribution in [0, 0.1) is 0 Å². The molecule has 1 aliphatic rings. The fraction of sp³-hybridized carbons (Fsp3) is 0.421. The Bertz CT molecular complexity index is 944. The Hall–Kier alpha value is -2.25. The topological polar surface area (TPSA) is 54.3 Å². The van der Waals surface area contributed by atoms with Crippen molar-refractivity contribution in [2.75, 3.05) is 27.2 Å². The highest BCUT2D eigenvalue weighted by atomic mass is 32.1. The molecular formula is C19H23N5OS. The molecular weight excluding hydrogens is 346 g/mol. The number of amides is 1. The number of imidazole rings is 1. The summed E-state index contributed by atoms with van der Waals surface area (Å²) in [5.74, 6) is 0.438. The smallest absolute Gasteiger partial charge is 0.263 e. The molecule has 0 aromatic carbocycles. The Balaban J connectivity index is 1.65. The summed E-state index contributed by atoms with van der Waals surface area (Å²) >= 11 is 1.52. The summed E-state index contributed by atoms with van der Waals surface area (Å²) in [5.41, 5.74) is 2.40. The number of nitrogens with zero attached hydrogens (tertiary/aromatic N) is 5. The third-order valence-corrected chi connectivity index (χ3v) is 6.21. The molecule has 7 heteroatoms. The summed E-state index contributed by atoms with van der Waals surface area (Å²) in [5, 5.41) is 1.13. The van der Waals surface area contributed by atoms with Crippen molar-refractivity contribution in [1.82, 2.24) is 24.3 Å². The minimum absolute atomic E-state index is 0.0769. The lowest BCUT2D eigenvalue weighted by atomic mass is 9.95. The highest BCUT2D eigenvalue weighted by molar-refractivity contribution is 7.20. The number of thiophene rings is 1. The average Bonchev–Trinajstić information content (AvgIpc) is 3.33. The molecule has 0 spiro atoms. The number of carbonyl (C=O) groups excluding carboxylic acids is 1. The minimum atomic E-state index is 0.0769. The quantitative estimate of drug-likeness (QED) is 0.710. The van der Waals surface area contributed by atoms with E-state index in [1.54, 1.807) is 11.1 Å². The molecule has 0 aliphatic carbocycles. The molecule has 3 aromatic rings. The first-order valence-electron chi connectivity index (χ1n) is 8.81. The van der Waals surface area contributed by atoms with Gasteiger partial charge in [0.2, 0.25) is 0 Å². The molecule has 0 saturated carbocycles. The Kier molecular flexibility index (Phi) is 4.50. The lowest BCUT2D eigenvalue weighted by Gasteiger charge is -2.17. The number of pyridine rings is 1. The Morgan fingerprint density at radius 2 is 2.27 bits per heavy atom. The first-order chi connectivity index (χ1) is 12.5. The van der Waals surface area contributed by atoms with Crippen LogP contribution in [0.3, 0.4) is 0 Å². The number of hydrogen-bond acceptors (Lipinski definition) is 5. The number of likely N-dealkylation sites (tertiary alicyclic amines) is 1. The van der Waals surface area contributed by atoms with Crippen molar-refractivity contribution in [2.45, 2.75) is 18.9 Å². The van der Waals surface area contributed by atoms with Crippen LogP contribution in [0.15, 0.2) is 30.9 Å². The second kappa shape index (κ2) is 6.81. The van der Waals surface area contributed by atoms with Crippen molar-refractivity contribution in [3.63, 3.8) is 0 Å². The van der Waals surface area contributed by atoms with Gasteiger partial charge in [-0.05, 0) is 24.6 Å². The zero-order chi connectivity index (χ0) is 18.3. The molecule has 0 N–H and O–H groups in total. The fourth-order valence-electron chi connectivity index (χ4n) is 3.70. The van der Waals surface area contributed by atoms with Gasteiger partial charge in [-0.2, -0.15) is 0 Å². The van der Waals surface area contributed by atoms with Gasteiger partial charge in [-0.3, -0.25) is 9.69 Å². The second-order valence-electron chi connectivity index (χ2n) is 7.12. The fourth-order valence-corrected chi connectivity index (χ4v) is 4.95. The third-order valence-electron chi connectivity index (χ3n) is 5.09. The van der Waals surface area contributed by atoms with Gasteiger partial charge in [-0.1, -0.05) is 6.07 Å². The van der Waals surface area contributed by atoms with Gasteiger partial charge in [0.05, 0.1) is 16.9 Å². The van der Waals surface area contributed by atoms with Crippen LogP contribution in [-0.4, -0.2) is 57.4 Å². The second-order valence-corrected chi connectivity index (χ2v) is 8.12. The van der Waals surface area contributed by atoms with E-state index >= 15 is 0 Å². The molecule has 4 rings (SSSR count). The van der Waals surface area contributed by atoms with Crippen molar-refractivity contribution in [3.05, 3.63) is 47.0 Å². The largest absolute Gasteiger partial charge is 0.344 e. The van der Waals surface area contributed by atoms with Crippen LogP contribution in [0.1, 0.15) is 33.3 Å². The number of carbonyl (C=O) groups is 1. The van der Waals surface area contributed by atoms with Gasteiger partial charge in [0, 0.05) is 57.9 Å². The van der Waals surface area contributed by atoms with E-state index in [4.69, 9.17) is 0 Å². The van der Waals surface area contributed by atoms with Gasteiger partial charge in [0.1, 0.15) is 4.83 Å².